The van der Waals surface area contributed by atoms with Crippen molar-refractivity contribution in [1.29, 1.82) is 0 Å². The lowest BCUT2D eigenvalue weighted by atomic mass is 10.1. The third-order valence-corrected chi connectivity index (χ3v) is 5.08. The Morgan fingerprint density at radius 2 is 1.81 bits per heavy atom. The van der Waals surface area contributed by atoms with Crippen LogP contribution >= 0.6 is 0 Å². The quantitative estimate of drug-likeness (QED) is 0.710. The van der Waals surface area contributed by atoms with Crippen LogP contribution in [0, 0.1) is 0 Å². The van der Waals surface area contributed by atoms with E-state index in [0.717, 1.165) is 0 Å². The zero-order valence-corrected chi connectivity index (χ0v) is 16.5. The van der Waals surface area contributed by atoms with E-state index >= 15 is 0 Å². The van der Waals surface area contributed by atoms with Gasteiger partial charge < -0.3 is 10.1 Å². The number of carbonyl (C=O) groups excluding carboxylic acids is 1. The maximum atomic E-state index is 12.4. The van der Waals surface area contributed by atoms with Crippen LogP contribution < -0.4 is 14.8 Å². The number of rotatable bonds is 7. The van der Waals surface area contributed by atoms with Crippen LogP contribution in [0.2, 0.25) is 0 Å². The van der Waals surface area contributed by atoms with Crippen molar-refractivity contribution in [3.8, 4) is 5.75 Å². The van der Waals surface area contributed by atoms with E-state index in [1.54, 1.807) is 63.2 Å². The molecule has 7 heteroatoms. The fraction of sp³-hybridized carbons (Fsp3) is 0.250. The molecule has 0 unspecified atom stereocenters. The minimum Gasteiger partial charge on any atom is -0.490 e. The number of carbonyl (C=O) groups is 1. The molecule has 0 radical (unpaired) electrons. The fourth-order valence-corrected chi connectivity index (χ4v) is 3.73. The summed E-state index contributed by atoms with van der Waals surface area (Å²) in [6.07, 6.45) is 1.64. The molecule has 0 aliphatic heterocycles. The van der Waals surface area contributed by atoms with Gasteiger partial charge in [-0.05, 0) is 63.2 Å². The van der Waals surface area contributed by atoms with Crippen LogP contribution in [0.3, 0.4) is 0 Å². The summed E-state index contributed by atoms with van der Waals surface area (Å²) in [6, 6.07) is 12.8. The van der Waals surface area contributed by atoms with Crippen LogP contribution in [-0.2, 0) is 10.0 Å². The maximum Gasteiger partial charge on any atom is 0.255 e. The second-order valence-corrected chi connectivity index (χ2v) is 8.64. The molecule has 0 heterocycles. The molecule has 0 aliphatic rings. The summed E-state index contributed by atoms with van der Waals surface area (Å²) in [7, 11) is -3.68. The highest BCUT2D eigenvalue weighted by atomic mass is 32.2. The van der Waals surface area contributed by atoms with Crippen LogP contribution in [0.15, 0.2) is 66.1 Å². The van der Waals surface area contributed by atoms with Gasteiger partial charge in [-0.2, -0.15) is 0 Å². The average Bonchev–Trinajstić information content (AvgIpc) is 2.58. The summed E-state index contributed by atoms with van der Waals surface area (Å²) in [5.41, 5.74) is 0.221. The van der Waals surface area contributed by atoms with Crippen molar-refractivity contribution >= 4 is 21.6 Å². The number of amides is 1. The van der Waals surface area contributed by atoms with Gasteiger partial charge in [-0.15, -0.1) is 0 Å². The lowest BCUT2D eigenvalue weighted by Gasteiger charge is -2.20. The summed E-state index contributed by atoms with van der Waals surface area (Å²) in [5, 5.41) is 2.71. The first kappa shape index (κ1) is 20.7. The molecular formula is C20H24N2O4S. The molecule has 0 aliphatic carbocycles. The first-order valence-corrected chi connectivity index (χ1v) is 9.88. The van der Waals surface area contributed by atoms with Crippen molar-refractivity contribution < 1.29 is 17.9 Å². The number of ether oxygens (including phenoxy) is 1. The Kier molecular flexibility index (Phi) is 6.41. The first-order valence-electron chi connectivity index (χ1n) is 8.40. The topological polar surface area (TPSA) is 84.5 Å². The van der Waals surface area contributed by atoms with Gasteiger partial charge in [0.05, 0.1) is 4.90 Å². The van der Waals surface area contributed by atoms with E-state index in [2.05, 4.69) is 16.6 Å². The molecule has 0 bridgehead atoms. The van der Waals surface area contributed by atoms with E-state index in [-0.39, 0.29) is 10.8 Å². The van der Waals surface area contributed by atoms with E-state index in [0.29, 0.717) is 23.6 Å². The molecule has 0 aromatic heterocycles. The number of anilines is 1. The lowest BCUT2D eigenvalue weighted by molar-refractivity contribution is 0.102. The average molecular weight is 388 g/mol. The minimum absolute atomic E-state index is 0.0865. The van der Waals surface area contributed by atoms with E-state index in [4.69, 9.17) is 4.74 Å². The van der Waals surface area contributed by atoms with Crippen molar-refractivity contribution in [2.24, 2.45) is 0 Å². The highest BCUT2D eigenvalue weighted by Crippen LogP contribution is 2.19. The van der Waals surface area contributed by atoms with Crippen LogP contribution in [0.1, 0.15) is 31.1 Å². The summed E-state index contributed by atoms with van der Waals surface area (Å²) in [4.78, 5) is 12.5. The lowest BCUT2D eigenvalue weighted by Crippen LogP contribution is -2.40. The standard InChI is InChI=1S/C20H24N2O4S/c1-5-13-26-17-11-9-15(10-12-17)19(23)21-16-7-6-8-18(14-16)27(24,25)22-20(2,3)4/h5-12,14,22H,1,13H2,2-4H3,(H,21,23). The molecule has 1 amide bonds. The maximum absolute atomic E-state index is 12.4. The number of nitrogens with one attached hydrogen (secondary N) is 2. The molecule has 0 saturated carbocycles. The van der Waals surface area contributed by atoms with Gasteiger partial charge in [0.2, 0.25) is 10.0 Å². The van der Waals surface area contributed by atoms with Crippen LogP contribution in [-0.4, -0.2) is 26.5 Å². The third-order valence-electron chi connectivity index (χ3n) is 3.33. The highest BCUT2D eigenvalue weighted by Gasteiger charge is 2.22. The Bertz CT molecular complexity index is 914. The highest BCUT2D eigenvalue weighted by molar-refractivity contribution is 7.89. The van der Waals surface area contributed by atoms with Gasteiger partial charge in [0.15, 0.2) is 0 Å². The molecule has 2 aromatic carbocycles. The van der Waals surface area contributed by atoms with Gasteiger partial charge >= 0.3 is 0 Å². The molecule has 2 aromatic rings. The molecule has 2 rings (SSSR count). The number of sulfonamides is 1. The minimum atomic E-state index is -3.68. The van der Waals surface area contributed by atoms with Crippen LogP contribution in [0.25, 0.3) is 0 Å². The number of benzene rings is 2. The Hall–Kier alpha value is -2.64. The molecule has 0 fully saturated rings. The molecule has 0 atom stereocenters. The molecule has 0 saturated heterocycles. The Morgan fingerprint density at radius 1 is 1.15 bits per heavy atom. The van der Waals surface area contributed by atoms with Gasteiger partial charge in [-0.25, -0.2) is 13.1 Å². The monoisotopic (exact) mass is 388 g/mol. The molecule has 0 spiro atoms. The van der Waals surface area contributed by atoms with E-state index < -0.39 is 15.6 Å². The Balaban J connectivity index is 2.13. The number of hydrogen-bond acceptors (Lipinski definition) is 4. The number of hydrogen-bond donors (Lipinski definition) is 2. The van der Waals surface area contributed by atoms with Crippen LogP contribution in [0.5, 0.6) is 5.75 Å². The molecule has 27 heavy (non-hydrogen) atoms. The van der Waals surface area contributed by atoms with Crippen molar-refractivity contribution in [2.75, 3.05) is 11.9 Å². The summed E-state index contributed by atoms with van der Waals surface area (Å²) in [6.45, 7) is 9.25. The molecular weight excluding hydrogens is 364 g/mol. The third kappa shape index (κ3) is 6.23. The Labute approximate surface area is 160 Å². The first-order chi connectivity index (χ1) is 12.6. The normalized spacial score (nSPS) is 11.7. The van der Waals surface area contributed by atoms with Gasteiger partial charge in [0.25, 0.3) is 5.91 Å². The second-order valence-electron chi connectivity index (χ2n) is 6.96. The van der Waals surface area contributed by atoms with Crippen molar-refractivity contribution in [1.82, 2.24) is 4.72 Å². The van der Waals surface area contributed by atoms with E-state index in [1.807, 2.05) is 0 Å². The predicted molar refractivity (Wildman–Crippen MR) is 107 cm³/mol. The summed E-state index contributed by atoms with van der Waals surface area (Å²) < 4.78 is 32.8. The van der Waals surface area contributed by atoms with Gasteiger partial charge in [0, 0.05) is 16.8 Å². The van der Waals surface area contributed by atoms with Gasteiger partial charge in [-0.1, -0.05) is 18.7 Å². The van der Waals surface area contributed by atoms with E-state index in [9.17, 15) is 13.2 Å². The fourth-order valence-electron chi connectivity index (χ4n) is 2.26. The smallest absolute Gasteiger partial charge is 0.255 e. The molecule has 144 valence electrons. The zero-order chi connectivity index (χ0) is 20.1. The van der Waals surface area contributed by atoms with Crippen LogP contribution in [0.4, 0.5) is 5.69 Å². The van der Waals surface area contributed by atoms with Crippen molar-refractivity contribution in [3.05, 3.63) is 66.7 Å². The Morgan fingerprint density at radius 3 is 2.41 bits per heavy atom. The SMILES string of the molecule is C=CCOc1ccc(C(=O)Nc2cccc(S(=O)(=O)NC(C)(C)C)c2)cc1. The second kappa shape index (κ2) is 8.37. The summed E-state index contributed by atoms with van der Waals surface area (Å²) in [5.74, 6) is 0.288. The zero-order valence-electron chi connectivity index (χ0n) is 15.7. The summed E-state index contributed by atoms with van der Waals surface area (Å²) >= 11 is 0. The van der Waals surface area contributed by atoms with Gasteiger partial charge in [0.1, 0.15) is 12.4 Å². The molecule has 2 N–H and O–H groups in total. The van der Waals surface area contributed by atoms with Gasteiger partial charge in [-0.3, -0.25) is 4.79 Å². The predicted octanol–water partition coefficient (Wildman–Crippen LogP) is 3.58. The van der Waals surface area contributed by atoms with Crippen molar-refractivity contribution in [2.45, 2.75) is 31.2 Å². The molecule has 6 nitrogen and oxygen atoms in total. The van der Waals surface area contributed by atoms with E-state index in [1.165, 1.54) is 12.1 Å². The van der Waals surface area contributed by atoms with Crippen molar-refractivity contribution in [3.63, 3.8) is 0 Å². The largest absolute Gasteiger partial charge is 0.490 e.